The van der Waals surface area contributed by atoms with Gasteiger partial charge in [0.1, 0.15) is 11.5 Å². The van der Waals surface area contributed by atoms with Crippen LogP contribution < -0.4 is 9.47 Å². The van der Waals surface area contributed by atoms with Crippen LogP contribution in [0.15, 0.2) is 36.4 Å². The summed E-state index contributed by atoms with van der Waals surface area (Å²) in [5, 5.41) is 7.06. The zero-order valence-corrected chi connectivity index (χ0v) is 16.6. The number of hydrogen-bond acceptors (Lipinski definition) is 4. The van der Waals surface area contributed by atoms with Gasteiger partial charge in [0, 0.05) is 18.7 Å². The first-order chi connectivity index (χ1) is 14.0. The summed E-state index contributed by atoms with van der Waals surface area (Å²) in [7, 11) is 3.21. The molecule has 1 amide bonds. The first-order valence-corrected chi connectivity index (χ1v) is 9.35. The monoisotopic (exact) mass is 395 g/mol. The van der Waals surface area contributed by atoms with Crippen LogP contribution in [0.1, 0.15) is 27.2 Å². The van der Waals surface area contributed by atoms with Gasteiger partial charge in [0.25, 0.3) is 5.91 Å². The van der Waals surface area contributed by atoms with E-state index in [1.165, 1.54) is 6.07 Å². The quantitative estimate of drug-likeness (QED) is 0.731. The number of ether oxygens (including phenoxy) is 2. The molecular weight excluding hydrogens is 373 g/mol. The zero-order chi connectivity index (χ0) is 20.5. The average Bonchev–Trinajstić information content (AvgIpc) is 3.24. The van der Waals surface area contributed by atoms with Gasteiger partial charge in [0.2, 0.25) is 0 Å². The molecule has 0 bridgehead atoms. The summed E-state index contributed by atoms with van der Waals surface area (Å²) in [6.45, 7) is 2.79. The molecule has 4 rings (SSSR count). The molecule has 29 heavy (non-hydrogen) atoms. The number of aryl methyl sites for hydroxylation is 1. The van der Waals surface area contributed by atoms with Crippen molar-refractivity contribution in [1.82, 2.24) is 15.1 Å². The molecule has 1 aliphatic heterocycles. The first kappa shape index (κ1) is 19.0. The molecule has 150 valence electrons. The Morgan fingerprint density at radius 2 is 1.83 bits per heavy atom. The number of benzene rings is 2. The molecule has 1 N–H and O–H groups in total. The maximum absolute atomic E-state index is 13.5. The number of carbonyl (C=O) groups is 1. The Morgan fingerprint density at radius 1 is 1.10 bits per heavy atom. The molecule has 2 heterocycles. The van der Waals surface area contributed by atoms with Crippen LogP contribution in [-0.4, -0.2) is 41.8 Å². The molecule has 2 aromatic carbocycles. The molecule has 0 radical (unpaired) electrons. The predicted octanol–water partition coefficient (Wildman–Crippen LogP) is 3.74. The summed E-state index contributed by atoms with van der Waals surface area (Å²) in [5.74, 6) is 0.956. The maximum atomic E-state index is 13.5. The number of nitrogens with one attached hydrogen (secondary N) is 1. The van der Waals surface area contributed by atoms with Gasteiger partial charge in [-0.1, -0.05) is 0 Å². The van der Waals surface area contributed by atoms with Crippen molar-refractivity contribution >= 4 is 5.91 Å². The smallest absolute Gasteiger partial charge is 0.272 e. The number of carbonyl (C=O) groups excluding carboxylic acids is 1. The van der Waals surface area contributed by atoms with Gasteiger partial charge in [-0.3, -0.25) is 9.89 Å². The topological polar surface area (TPSA) is 67.5 Å². The molecule has 0 fully saturated rings. The number of halogens is 1. The number of hydrogen-bond donors (Lipinski definition) is 1. The number of rotatable bonds is 4. The van der Waals surface area contributed by atoms with Crippen LogP contribution in [0.5, 0.6) is 11.5 Å². The molecular formula is C22H22FN3O3. The lowest BCUT2D eigenvalue weighted by Crippen LogP contribution is -2.36. The van der Waals surface area contributed by atoms with Crippen molar-refractivity contribution in [2.24, 2.45) is 0 Å². The third-order valence-corrected chi connectivity index (χ3v) is 5.27. The SMILES string of the molecule is COc1cc2c(cc1OC)CN(C(=O)c1cc(-c3ccc(F)c(C)c3)n[nH]1)CC2. The van der Waals surface area contributed by atoms with E-state index in [-0.39, 0.29) is 11.7 Å². The lowest BCUT2D eigenvalue weighted by atomic mass is 9.98. The van der Waals surface area contributed by atoms with Gasteiger partial charge < -0.3 is 14.4 Å². The third kappa shape index (κ3) is 3.55. The van der Waals surface area contributed by atoms with Crippen molar-refractivity contribution in [3.05, 3.63) is 64.6 Å². The second-order valence-corrected chi connectivity index (χ2v) is 7.08. The third-order valence-electron chi connectivity index (χ3n) is 5.27. The summed E-state index contributed by atoms with van der Waals surface area (Å²) in [5.41, 5.74) is 4.51. The molecule has 0 unspecified atom stereocenters. The minimum Gasteiger partial charge on any atom is -0.493 e. The van der Waals surface area contributed by atoms with Gasteiger partial charge in [0.05, 0.1) is 19.9 Å². The summed E-state index contributed by atoms with van der Waals surface area (Å²) >= 11 is 0. The highest BCUT2D eigenvalue weighted by Crippen LogP contribution is 2.33. The Kier molecular flexibility index (Phi) is 4.96. The minimum absolute atomic E-state index is 0.122. The van der Waals surface area contributed by atoms with Crippen molar-refractivity contribution in [2.45, 2.75) is 19.9 Å². The number of fused-ring (bicyclic) bond motifs is 1. The number of nitrogens with zero attached hydrogens (tertiary/aromatic N) is 2. The molecule has 0 saturated heterocycles. The van der Waals surface area contributed by atoms with Crippen molar-refractivity contribution in [3.63, 3.8) is 0 Å². The van der Waals surface area contributed by atoms with Crippen LogP contribution in [0.3, 0.4) is 0 Å². The maximum Gasteiger partial charge on any atom is 0.272 e. The van der Waals surface area contributed by atoms with Crippen LogP contribution >= 0.6 is 0 Å². The minimum atomic E-state index is -0.264. The highest BCUT2D eigenvalue weighted by Gasteiger charge is 2.25. The van der Waals surface area contributed by atoms with Gasteiger partial charge in [-0.15, -0.1) is 0 Å². The van der Waals surface area contributed by atoms with E-state index in [1.54, 1.807) is 44.2 Å². The van der Waals surface area contributed by atoms with E-state index in [9.17, 15) is 9.18 Å². The molecule has 1 aliphatic rings. The number of H-pyrrole nitrogens is 1. The fourth-order valence-corrected chi connectivity index (χ4v) is 3.61. The molecule has 3 aromatic rings. The van der Waals surface area contributed by atoms with E-state index in [0.717, 1.165) is 23.1 Å². The van der Waals surface area contributed by atoms with Gasteiger partial charge in [-0.25, -0.2) is 4.39 Å². The van der Waals surface area contributed by atoms with E-state index >= 15 is 0 Å². The Labute approximate surface area is 168 Å². The molecule has 0 aliphatic carbocycles. The Balaban J connectivity index is 1.55. The average molecular weight is 395 g/mol. The molecule has 0 saturated carbocycles. The molecule has 6 nitrogen and oxygen atoms in total. The largest absolute Gasteiger partial charge is 0.493 e. The van der Waals surface area contributed by atoms with E-state index in [4.69, 9.17) is 9.47 Å². The highest BCUT2D eigenvalue weighted by molar-refractivity contribution is 5.93. The number of aromatic nitrogens is 2. The fourth-order valence-electron chi connectivity index (χ4n) is 3.61. The van der Waals surface area contributed by atoms with E-state index in [0.29, 0.717) is 41.5 Å². The van der Waals surface area contributed by atoms with Gasteiger partial charge in [-0.05, 0) is 66.4 Å². The standard InChI is InChI=1S/C22H22FN3O3/c1-13-8-15(4-5-17(13)23)18-11-19(25-24-18)22(27)26-7-6-14-9-20(28-2)21(29-3)10-16(14)12-26/h4-5,8-11H,6-7,12H2,1-3H3,(H,24,25). The van der Waals surface area contributed by atoms with Gasteiger partial charge >= 0.3 is 0 Å². The Morgan fingerprint density at radius 3 is 2.52 bits per heavy atom. The normalized spacial score (nSPS) is 13.2. The van der Waals surface area contributed by atoms with Crippen LogP contribution in [-0.2, 0) is 13.0 Å². The second kappa shape index (κ2) is 7.58. The van der Waals surface area contributed by atoms with Gasteiger partial charge in [0.15, 0.2) is 11.5 Å². The Bertz CT molecular complexity index is 1080. The molecule has 7 heteroatoms. The Hall–Kier alpha value is -3.35. The number of aromatic amines is 1. The molecule has 0 atom stereocenters. The van der Waals surface area contributed by atoms with Crippen molar-refractivity contribution in [1.29, 1.82) is 0 Å². The van der Waals surface area contributed by atoms with Crippen LogP contribution in [0, 0.1) is 12.7 Å². The van der Waals surface area contributed by atoms with E-state index in [2.05, 4.69) is 10.2 Å². The summed E-state index contributed by atoms with van der Waals surface area (Å²) in [6.07, 6.45) is 0.736. The van der Waals surface area contributed by atoms with E-state index in [1.807, 2.05) is 12.1 Å². The van der Waals surface area contributed by atoms with Gasteiger partial charge in [-0.2, -0.15) is 5.10 Å². The zero-order valence-electron chi connectivity index (χ0n) is 16.6. The predicted molar refractivity (Wildman–Crippen MR) is 107 cm³/mol. The van der Waals surface area contributed by atoms with Crippen molar-refractivity contribution in [3.8, 4) is 22.8 Å². The summed E-state index contributed by atoms with van der Waals surface area (Å²) in [4.78, 5) is 14.8. The highest BCUT2D eigenvalue weighted by atomic mass is 19.1. The second-order valence-electron chi connectivity index (χ2n) is 7.08. The van der Waals surface area contributed by atoms with Crippen molar-refractivity contribution < 1.29 is 18.7 Å². The van der Waals surface area contributed by atoms with Crippen LogP contribution in [0.25, 0.3) is 11.3 Å². The lowest BCUT2D eigenvalue weighted by Gasteiger charge is -2.29. The molecule has 1 aromatic heterocycles. The van der Waals surface area contributed by atoms with Crippen LogP contribution in [0.2, 0.25) is 0 Å². The first-order valence-electron chi connectivity index (χ1n) is 9.35. The fraction of sp³-hybridized carbons (Fsp3) is 0.273. The summed E-state index contributed by atoms with van der Waals surface area (Å²) in [6, 6.07) is 10.4. The number of amides is 1. The van der Waals surface area contributed by atoms with E-state index < -0.39 is 0 Å². The lowest BCUT2D eigenvalue weighted by molar-refractivity contribution is 0.0728. The van der Waals surface area contributed by atoms with Crippen molar-refractivity contribution in [2.75, 3.05) is 20.8 Å². The van der Waals surface area contributed by atoms with Crippen LogP contribution in [0.4, 0.5) is 4.39 Å². The molecule has 0 spiro atoms. The number of methoxy groups -OCH3 is 2. The summed E-state index contributed by atoms with van der Waals surface area (Å²) < 4.78 is 24.3.